The summed E-state index contributed by atoms with van der Waals surface area (Å²) in [4.78, 5) is 30.9. The molecule has 3 aromatic heterocycles. The highest BCUT2D eigenvalue weighted by atomic mass is 19.1. The van der Waals surface area contributed by atoms with Gasteiger partial charge in [-0.25, -0.2) is 13.8 Å². The first-order valence-electron chi connectivity index (χ1n) is 13.3. The highest BCUT2D eigenvalue weighted by molar-refractivity contribution is 6.06. The first-order chi connectivity index (χ1) is 20.8. The number of carbonyl (C=O) groups is 1. The Hall–Kier alpha value is -5.30. The van der Waals surface area contributed by atoms with Crippen LogP contribution in [0.5, 0.6) is 17.2 Å². The minimum atomic E-state index is -0.812. The Labute approximate surface area is 244 Å². The maximum absolute atomic E-state index is 15.3. The van der Waals surface area contributed by atoms with Crippen LogP contribution >= 0.6 is 0 Å². The van der Waals surface area contributed by atoms with Gasteiger partial charge in [0.1, 0.15) is 28.3 Å². The predicted molar refractivity (Wildman–Crippen MR) is 156 cm³/mol. The van der Waals surface area contributed by atoms with Crippen LogP contribution in [0, 0.1) is 11.6 Å². The lowest BCUT2D eigenvalue weighted by molar-refractivity contribution is 0.102. The summed E-state index contributed by atoms with van der Waals surface area (Å²) in [5.41, 5.74) is -0.121. The van der Waals surface area contributed by atoms with Gasteiger partial charge in [-0.2, -0.15) is 5.10 Å². The molecule has 13 heteroatoms. The lowest BCUT2D eigenvalue weighted by Crippen LogP contribution is -2.29. The fourth-order valence-corrected chi connectivity index (χ4v) is 4.42. The van der Waals surface area contributed by atoms with Crippen LogP contribution in [0.2, 0.25) is 0 Å². The van der Waals surface area contributed by atoms with Gasteiger partial charge in [0, 0.05) is 49.1 Å². The van der Waals surface area contributed by atoms with Crippen molar-refractivity contribution in [3.63, 3.8) is 0 Å². The Balaban J connectivity index is 1.40. The number of H-pyrrole nitrogens is 1. The van der Waals surface area contributed by atoms with E-state index >= 15 is 4.39 Å². The molecule has 222 valence electrons. The van der Waals surface area contributed by atoms with Gasteiger partial charge in [-0.15, -0.1) is 0 Å². The van der Waals surface area contributed by atoms with E-state index in [0.717, 1.165) is 6.07 Å². The Bertz CT molecular complexity index is 1820. The van der Waals surface area contributed by atoms with Gasteiger partial charge >= 0.3 is 0 Å². The number of pyridine rings is 2. The minimum Gasteiger partial charge on any atom is -0.493 e. The van der Waals surface area contributed by atoms with E-state index in [-0.39, 0.29) is 35.4 Å². The Kier molecular flexibility index (Phi) is 8.62. The topological polar surface area (TPSA) is 132 Å². The molecule has 5 aromatic rings. The van der Waals surface area contributed by atoms with Crippen molar-refractivity contribution in [2.75, 3.05) is 31.0 Å². The van der Waals surface area contributed by atoms with Gasteiger partial charge < -0.3 is 24.8 Å². The molecule has 0 spiro atoms. The van der Waals surface area contributed by atoms with Crippen LogP contribution in [0.15, 0.2) is 71.8 Å². The number of fused-ring (bicyclic) bond motifs is 1. The summed E-state index contributed by atoms with van der Waals surface area (Å²) < 4.78 is 46.4. The normalized spacial score (nSPS) is 11.7. The van der Waals surface area contributed by atoms with E-state index in [2.05, 4.69) is 25.8 Å². The SMILES string of the molecule is CCOc1ccn(-c2ccc(F)cc2)c(=O)c1C(=O)Nc1ccc(Oc2ccnc3[nH]nc(N[C@H](C)COC)c23)c(F)c1. The maximum atomic E-state index is 15.3. The van der Waals surface area contributed by atoms with Crippen molar-refractivity contribution in [1.82, 2.24) is 19.7 Å². The summed E-state index contributed by atoms with van der Waals surface area (Å²) >= 11 is 0. The van der Waals surface area contributed by atoms with E-state index in [1.165, 1.54) is 59.4 Å². The minimum absolute atomic E-state index is 0.0508. The molecule has 0 aliphatic heterocycles. The molecule has 0 saturated carbocycles. The third-order valence-corrected chi connectivity index (χ3v) is 6.32. The average molecular weight is 591 g/mol. The fourth-order valence-electron chi connectivity index (χ4n) is 4.42. The van der Waals surface area contributed by atoms with Crippen molar-refractivity contribution in [3.8, 4) is 22.9 Å². The number of carbonyl (C=O) groups excluding carboxylic acids is 1. The van der Waals surface area contributed by atoms with E-state index in [4.69, 9.17) is 14.2 Å². The molecule has 0 bridgehead atoms. The molecule has 0 aliphatic carbocycles. The Morgan fingerprint density at radius 2 is 1.86 bits per heavy atom. The first kappa shape index (κ1) is 29.2. The molecule has 2 aromatic carbocycles. The van der Waals surface area contributed by atoms with Gasteiger partial charge in [0.15, 0.2) is 23.0 Å². The molecule has 0 saturated heterocycles. The van der Waals surface area contributed by atoms with Crippen LogP contribution in [0.25, 0.3) is 16.7 Å². The number of ether oxygens (including phenoxy) is 3. The van der Waals surface area contributed by atoms with Crippen LogP contribution in [0.1, 0.15) is 24.2 Å². The third kappa shape index (κ3) is 6.31. The van der Waals surface area contributed by atoms with Crippen molar-refractivity contribution in [3.05, 3.63) is 94.5 Å². The third-order valence-electron chi connectivity index (χ3n) is 6.32. The number of aromatic amines is 1. The van der Waals surface area contributed by atoms with Crippen LogP contribution in [-0.2, 0) is 4.74 Å². The molecule has 11 nitrogen and oxygen atoms in total. The number of hydrogen-bond acceptors (Lipinski definition) is 8. The molecule has 3 N–H and O–H groups in total. The van der Waals surface area contributed by atoms with Gasteiger partial charge in [0.25, 0.3) is 11.5 Å². The highest BCUT2D eigenvalue weighted by Crippen LogP contribution is 2.34. The molecular weight excluding hydrogens is 562 g/mol. The van der Waals surface area contributed by atoms with E-state index < -0.39 is 23.1 Å². The number of anilines is 2. The molecule has 3 heterocycles. The summed E-state index contributed by atoms with van der Waals surface area (Å²) in [6, 6.07) is 12.0. The molecule has 43 heavy (non-hydrogen) atoms. The second-order valence-electron chi connectivity index (χ2n) is 9.45. The van der Waals surface area contributed by atoms with Gasteiger partial charge in [0.2, 0.25) is 0 Å². The van der Waals surface area contributed by atoms with E-state index in [0.29, 0.717) is 34.9 Å². The zero-order valence-electron chi connectivity index (χ0n) is 23.5. The second-order valence-corrected chi connectivity index (χ2v) is 9.45. The number of nitrogens with zero attached hydrogens (tertiary/aromatic N) is 3. The summed E-state index contributed by atoms with van der Waals surface area (Å²) in [6.07, 6.45) is 2.93. The lowest BCUT2D eigenvalue weighted by Gasteiger charge is -2.14. The first-order valence-corrected chi connectivity index (χ1v) is 13.3. The van der Waals surface area contributed by atoms with Crippen molar-refractivity contribution < 1.29 is 27.8 Å². The lowest BCUT2D eigenvalue weighted by atomic mass is 10.2. The van der Waals surface area contributed by atoms with Crippen molar-refractivity contribution in [2.24, 2.45) is 0 Å². The number of benzene rings is 2. The van der Waals surface area contributed by atoms with Crippen molar-refractivity contribution in [1.29, 1.82) is 0 Å². The monoisotopic (exact) mass is 590 g/mol. The molecule has 0 aliphatic rings. The average Bonchev–Trinajstić information content (AvgIpc) is 3.39. The van der Waals surface area contributed by atoms with Crippen molar-refractivity contribution in [2.45, 2.75) is 19.9 Å². The van der Waals surface area contributed by atoms with Crippen LogP contribution in [0.3, 0.4) is 0 Å². The number of halogens is 2. The predicted octanol–water partition coefficient (Wildman–Crippen LogP) is 5.28. The largest absolute Gasteiger partial charge is 0.493 e. The molecule has 1 atom stereocenters. The molecule has 1 amide bonds. The van der Waals surface area contributed by atoms with Gasteiger partial charge in [-0.3, -0.25) is 19.3 Å². The fraction of sp³-hybridized carbons (Fsp3) is 0.200. The number of methoxy groups -OCH3 is 1. The zero-order chi connectivity index (χ0) is 30.5. The summed E-state index contributed by atoms with van der Waals surface area (Å²) in [7, 11) is 1.59. The molecule has 0 unspecified atom stereocenters. The number of nitrogens with one attached hydrogen (secondary N) is 3. The molecule has 5 rings (SSSR count). The second kappa shape index (κ2) is 12.7. The van der Waals surface area contributed by atoms with Crippen LogP contribution in [-0.4, -0.2) is 52.0 Å². The smallest absolute Gasteiger partial charge is 0.271 e. The van der Waals surface area contributed by atoms with E-state index in [1.54, 1.807) is 20.1 Å². The maximum Gasteiger partial charge on any atom is 0.271 e. The van der Waals surface area contributed by atoms with Crippen molar-refractivity contribution >= 4 is 28.4 Å². The molecule has 0 radical (unpaired) electrons. The standard InChI is InChI=1S/C30H28F2N6O5/c1-4-42-23-12-14-38(20-8-5-18(31)6-9-20)30(40)26(23)29(39)35-19-7-10-22(21(32)15-19)43-24-11-13-33-27-25(24)28(37-36-27)34-17(2)16-41-3/h5-15,17H,4,16H2,1-3H3,(H,35,39)(H2,33,34,36,37)/t17-/m1/s1. The summed E-state index contributed by atoms with van der Waals surface area (Å²) in [5, 5.41) is 13.3. The van der Waals surface area contributed by atoms with E-state index in [1.807, 2.05) is 6.92 Å². The van der Waals surface area contributed by atoms with Gasteiger partial charge in [-0.1, -0.05) is 0 Å². The summed E-state index contributed by atoms with van der Waals surface area (Å²) in [5.74, 6) is -1.35. The van der Waals surface area contributed by atoms with Crippen LogP contribution in [0.4, 0.5) is 20.3 Å². The zero-order valence-corrected chi connectivity index (χ0v) is 23.5. The number of aromatic nitrogens is 4. The van der Waals surface area contributed by atoms with Crippen LogP contribution < -0.4 is 25.7 Å². The highest BCUT2D eigenvalue weighted by Gasteiger charge is 2.21. The molecule has 0 fully saturated rings. The Morgan fingerprint density at radius 1 is 1.07 bits per heavy atom. The summed E-state index contributed by atoms with van der Waals surface area (Å²) in [6.45, 7) is 4.25. The number of rotatable bonds is 11. The van der Waals surface area contributed by atoms with Gasteiger partial charge in [-0.05, 0) is 56.3 Å². The number of amides is 1. The quantitative estimate of drug-likeness (QED) is 0.189. The van der Waals surface area contributed by atoms with E-state index in [9.17, 15) is 14.0 Å². The number of hydrogen-bond donors (Lipinski definition) is 3. The van der Waals surface area contributed by atoms with Gasteiger partial charge in [0.05, 0.1) is 13.2 Å². The Morgan fingerprint density at radius 3 is 2.58 bits per heavy atom. The molecular formula is C30H28F2N6O5.